The van der Waals surface area contributed by atoms with E-state index in [0.717, 1.165) is 0 Å². The summed E-state index contributed by atoms with van der Waals surface area (Å²) >= 11 is 1.88. The quantitative estimate of drug-likeness (QED) is 0.477. The van der Waals surface area contributed by atoms with Crippen LogP contribution in [0.25, 0.3) is 0 Å². The first-order valence-electron chi connectivity index (χ1n) is 3.46. The second-order valence-corrected chi connectivity index (χ2v) is 3.56. The van der Waals surface area contributed by atoms with Gasteiger partial charge in [-0.3, -0.25) is 4.79 Å². The summed E-state index contributed by atoms with van der Waals surface area (Å²) in [6, 6.07) is 1.35. The topological polar surface area (TPSA) is 30.0 Å². The third-order valence-corrected chi connectivity index (χ3v) is 2.15. The van der Waals surface area contributed by atoms with Crippen LogP contribution in [0.2, 0.25) is 0 Å². The van der Waals surface area contributed by atoms with Crippen LogP contribution in [-0.4, -0.2) is 11.3 Å². The minimum atomic E-state index is -2.65. The molecule has 0 saturated heterocycles. The molecular weight excluding hydrogens is 291 g/mol. The predicted molar refractivity (Wildman–Crippen MR) is 52.0 cm³/mol. The number of aromatic nitrogens is 1. The van der Waals surface area contributed by atoms with E-state index in [0.29, 0.717) is 9.99 Å². The van der Waals surface area contributed by atoms with Crippen LogP contribution in [0.5, 0.6) is 0 Å². The fraction of sp³-hybridized carbons (Fsp3) is 0.250. The van der Waals surface area contributed by atoms with Crippen molar-refractivity contribution in [2.24, 2.45) is 0 Å². The standard InChI is InChI=1S/C8H6F2INO/c1-4-7(8(9)10)5(3-13)2-6(11)12-4/h2-3,8H,1H3. The maximum atomic E-state index is 12.4. The largest absolute Gasteiger partial charge is 0.298 e. The van der Waals surface area contributed by atoms with Gasteiger partial charge in [-0.25, -0.2) is 13.8 Å². The van der Waals surface area contributed by atoms with E-state index in [1.807, 2.05) is 22.6 Å². The van der Waals surface area contributed by atoms with E-state index in [-0.39, 0.29) is 16.8 Å². The lowest BCUT2D eigenvalue weighted by Crippen LogP contribution is -2.01. The molecule has 0 aliphatic heterocycles. The first kappa shape index (κ1) is 10.5. The molecule has 0 fully saturated rings. The van der Waals surface area contributed by atoms with Crippen molar-refractivity contribution >= 4 is 28.9 Å². The third kappa shape index (κ3) is 2.20. The molecule has 0 aliphatic rings. The zero-order valence-corrected chi connectivity index (χ0v) is 8.88. The van der Waals surface area contributed by atoms with Crippen LogP contribution in [0, 0.1) is 10.6 Å². The van der Waals surface area contributed by atoms with Crippen LogP contribution in [0.3, 0.4) is 0 Å². The number of hydrogen-bond acceptors (Lipinski definition) is 2. The van der Waals surface area contributed by atoms with Crippen LogP contribution in [-0.2, 0) is 0 Å². The predicted octanol–water partition coefficient (Wildman–Crippen LogP) is 2.74. The molecule has 0 aliphatic carbocycles. The molecule has 0 unspecified atom stereocenters. The van der Waals surface area contributed by atoms with Gasteiger partial charge < -0.3 is 0 Å². The Morgan fingerprint density at radius 3 is 2.69 bits per heavy atom. The number of halogens is 3. The van der Waals surface area contributed by atoms with E-state index in [4.69, 9.17) is 0 Å². The average Bonchev–Trinajstić information content (AvgIpc) is 2.01. The number of hydrogen-bond donors (Lipinski definition) is 0. The van der Waals surface area contributed by atoms with Gasteiger partial charge in [-0.2, -0.15) is 0 Å². The number of carbonyl (C=O) groups is 1. The molecule has 0 N–H and O–H groups in total. The van der Waals surface area contributed by atoms with Gasteiger partial charge in [-0.05, 0) is 35.6 Å². The lowest BCUT2D eigenvalue weighted by molar-refractivity contribution is 0.110. The first-order chi connectivity index (χ1) is 6.06. The second-order valence-electron chi connectivity index (χ2n) is 2.45. The molecule has 0 radical (unpaired) electrons. The van der Waals surface area contributed by atoms with Gasteiger partial charge in [0.15, 0.2) is 6.29 Å². The van der Waals surface area contributed by atoms with Gasteiger partial charge >= 0.3 is 0 Å². The van der Waals surface area contributed by atoms with E-state index in [1.165, 1.54) is 13.0 Å². The number of aldehydes is 1. The van der Waals surface area contributed by atoms with Crippen LogP contribution in [0.4, 0.5) is 8.78 Å². The number of nitrogens with zero attached hydrogens (tertiary/aromatic N) is 1. The molecule has 1 aromatic rings. The molecule has 2 nitrogen and oxygen atoms in total. The Kier molecular flexibility index (Phi) is 3.29. The molecule has 0 saturated carbocycles. The summed E-state index contributed by atoms with van der Waals surface area (Å²) < 4.78 is 25.4. The summed E-state index contributed by atoms with van der Waals surface area (Å²) in [5.74, 6) is 0. The van der Waals surface area contributed by atoms with Crippen molar-refractivity contribution in [1.82, 2.24) is 4.98 Å². The molecule has 13 heavy (non-hydrogen) atoms. The number of alkyl halides is 2. The van der Waals surface area contributed by atoms with Gasteiger partial charge in [0.1, 0.15) is 3.70 Å². The average molecular weight is 297 g/mol. The van der Waals surface area contributed by atoms with Crippen molar-refractivity contribution in [2.75, 3.05) is 0 Å². The van der Waals surface area contributed by atoms with Gasteiger partial charge in [-0.1, -0.05) is 0 Å². The van der Waals surface area contributed by atoms with E-state index in [1.54, 1.807) is 0 Å². The molecule has 0 spiro atoms. The van der Waals surface area contributed by atoms with Crippen molar-refractivity contribution in [2.45, 2.75) is 13.3 Å². The fourth-order valence-corrected chi connectivity index (χ4v) is 1.75. The van der Waals surface area contributed by atoms with Gasteiger partial charge in [-0.15, -0.1) is 0 Å². The van der Waals surface area contributed by atoms with Crippen molar-refractivity contribution in [1.29, 1.82) is 0 Å². The van der Waals surface area contributed by atoms with E-state index < -0.39 is 6.43 Å². The lowest BCUT2D eigenvalue weighted by atomic mass is 10.1. The molecule has 1 rings (SSSR count). The van der Waals surface area contributed by atoms with Crippen LogP contribution < -0.4 is 0 Å². The molecule has 0 aromatic carbocycles. The first-order valence-corrected chi connectivity index (χ1v) is 4.54. The maximum Gasteiger partial charge on any atom is 0.266 e. The highest BCUT2D eigenvalue weighted by Crippen LogP contribution is 2.25. The zero-order chi connectivity index (χ0) is 10.0. The molecule has 5 heteroatoms. The molecular formula is C8H6F2INO. The highest BCUT2D eigenvalue weighted by atomic mass is 127. The molecule has 1 heterocycles. The Labute approximate surface area is 87.5 Å². The summed E-state index contributed by atoms with van der Waals surface area (Å²) in [7, 11) is 0. The van der Waals surface area contributed by atoms with Crippen LogP contribution in [0.15, 0.2) is 6.07 Å². The monoisotopic (exact) mass is 297 g/mol. The normalized spacial score (nSPS) is 10.5. The number of aryl methyl sites for hydroxylation is 1. The lowest BCUT2D eigenvalue weighted by Gasteiger charge is -2.06. The zero-order valence-electron chi connectivity index (χ0n) is 6.72. The number of rotatable bonds is 2. The molecule has 0 atom stereocenters. The summed E-state index contributed by atoms with van der Waals surface area (Å²) in [4.78, 5) is 14.3. The van der Waals surface area contributed by atoms with Crippen molar-refractivity contribution in [3.05, 3.63) is 26.6 Å². The van der Waals surface area contributed by atoms with Gasteiger partial charge in [0.05, 0.1) is 0 Å². The number of pyridine rings is 1. The highest BCUT2D eigenvalue weighted by molar-refractivity contribution is 14.1. The minimum Gasteiger partial charge on any atom is -0.298 e. The third-order valence-electron chi connectivity index (χ3n) is 1.60. The van der Waals surface area contributed by atoms with Gasteiger partial charge in [0.25, 0.3) is 6.43 Å². The summed E-state index contributed by atoms with van der Waals surface area (Å²) in [6.45, 7) is 1.47. The maximum absolute atomic E-state index is 12.4. The molecule has 0 bridgehead atoms. The van der Waals surface area contributed by atoms with Crippen molar-refractivity contribution in [3.63, 3.8) is 0 Å². The van der Waals surface area contributed by atoms with E-state index in [9.17, 15) is 13.6 Å². The second kappa shape index (κ2) is 4.08. The van der Waals surface area contributed by atoms with Crippen LogP contribution in [0.1, 0.15) is 28.0 Å². The fourth-order valence-electron chi connectivity index (χ4n) is 1.05. The van der Waals surface area contributed by atoms with Gasteiger partial charge in [0, 0.05) is 16.8 Å². The smallest absolute Gasteiger partial charge is 0.266 e. The van der Waals surface area contributed by atoms with Crippen molar-refractivity contribution < 1.29 is 13.6 Å². The summed E-state index contributed by atoms with van der Waals surface area (Å²) in [6.07, 6.45) is -2.22. The summed E-state index contributed by atoms with van der Waals surface area (Å²) in [5, 5.41) is 0. The Morgan fingerprint density at radius 1 is 1.62 bits per heavy atom. The Bertz CT molecular complexity index is 341. The van der Waals surface area contributed by atoms with Crippen LogP contribution >= 0.6 is 22.6 Å². The SMILES string of the molecule is Cc1nc(I)cc(C=O)c1C(F)F. The molecule has 1 aromatic heterocycles. The Morgan fingerprint density at radius 2 is 2.23 bits per heavy atom. The molecule has 0 amide bonds. The molecule has 70 valence electrons. The number of carbonyl (C=O) groups excluding carboxylic acids is 1. The van der Waals surface area contributed by atoms with E-state index in [2.05, 4.69) is 4.98 Å². The minimum absolute atomic E-state index is 0.0203. The highest BCUT2D eigenvalue weighted by Gasteiger charge is 2.17. The summed E-state index contributed by atoms with van der Waals surface area (Å²) in [5.41, 5.74) is -0.0358. The Balaban J connectivity index is 3.38. The Hall–Kier alpha value is -0.590. The van der Waals surface area contributed by atoms with Gasteiger partial charge in [0.2, 0.25) is 0 Å². The van der Waals surface area contributed by atoms with E-state index >= 15 is 0 Å². The van der Waals surface area contributed by atoms with Crippen molar-refractivity contribution in [3.8, 4) is 0 Å².